The molecule has 3 aromatic rings. The molecule has 140 valence electrons. The number of nitrogens with zero attached hydrogens (tertiary/aromatic N) is 1. The lowest BCUT2D eigenvalue weighted by Crippen LogP contribution is -2.02. The molecule has 0 atom stereocenters. The van der Waals surface area contributed by atoms with E-state index in [4.69, 9.17) is 18.3 Å². The van der Waals surface area contributed by atoms with E-state index in [-0.39, 0.29) is 6.01 Å². The van der Waals surface area contributed by atoms with Crippen molar-refractivity contribution in [3.05, 3.63) is 82.8 Å². The third kappa shape index (κ3) is 3.11. The fourth-order valence-electron chi connectivity index (χ4n) is 2.97. The minimum absolute atomic E-state index is 0.271. The Morgan fingerprint density at radius 2 is 2.07 bits per heavy atom. The summed E-state index contributed by atoms with van der Waals surface area (Å²) in [5.41, 5.74) is 2.79. The third-order valence-electron chi connectivity index (χ3n) is 4.32. The van der Waals surface area contributed by atoms with Gasteiger partial charge in [0.25, 0.3) is 6.01 Å². The Kier molecular flexibility index (Phi) is 3.86. The molecule has 5 rings (SSSR count). The first kappa shape index (κ1) is 16.2. The zero-order valence-electron chi connectivity index (χ0n) is 14.6. The fraction of sp³-hybridized carbons (Fsp3) is 0.100. The summed E-state index contributed by atoms with van der Waals surface area (Å²) in [4.78, 5) is 18.1. The Bertz CT molecular complexity index is 1220. The molecule has 0 spiro atoms. The van der Waals surface area contributed by atoms with Gasteiger partial charge >= 0.3 is 5.76 Å². The molecular formula is C20H15N3O5. The molecule has 0 radical (unpaired) electrons. The minimum atomic E-state index is -0.501. The van der Waals surface area contributed by atoms with E-state index in [9.17, 15) is 4.79 Å². The van der Waals surface area contributed by atoms with Gasteiger partial charge in [0.2, 0.25) is 5.76 Å². The molecule has 8 heteroatoms. The highest BCUT2D eigenvalue weighted by atomic mass is 16.6. The molecule has 0 bridgehead atoms. The molecule has 28 heavy (non-hydrogen) atoms. The Labute approximate surface area is 158 Å². The first-order chi connectivity index (χ1) is 13.7. The van der Waals surface area contributed by atoms with Crippen LogP contribution in [0.2, 0.25) is 0 Å². The number of aromatic nitrogens is 2. The van der Waals surface area contributed by atoms with E-state index in [0.29, 0.717) is 34.1 Å². The van der Waals surface area contributed by atoms with Crippen molar-refractivity contribution in [1.29, 1.82) is 0 Å². The van der Waals surface area contributed by atoms with Crippen LogP contribution in [0.15, 0.2) is 80.1 Å². The van der Waals surface area contributed by atoms with E-state index in [0.717, 1.165) is 18.4 Å². The van der Waals surface area contributed by atoms with Crippen LogP contribution >= 0.6 is 0 Å². The van der Waals surface area contributed by atoms with E-state index in [1.54, 1.807) is 30.7 Å². The molecule has 0 saturated heterocycles. The Morgan fingerprint density at radius 1 is 1.14 bits per heavy atom. The number of aromatic amines is 1. The summed E-state index contributed by atoms with van der Waals surface area (Å²) in [5, 5.41) is 3.03. The number of rotatable bonds is 4. The molecule has 3 heterocycles. The molecule has 0 fully saturated rings. The smallest absolute Gasteiger partial charge is 0.417 e. The number of ether oxygens (including phenoxy) is 2. The van der Waals surface area contributed by atoms with Gasteiger partial charge in [0.05, 0.1) is 11.7 Å². The molecule has 1 aliphatic carbocycles. The first-order valence-corrected chi connectivity index (χ1v) is 8.70. The molecule has 2 N–H and O–H groups in total. The van der Waals surface area contributed by atoms with Gasteiger partial charge in [-0.3, -0.25) is 4.98 Å². The molecule has 1 aliphatic heterocycles. The summed E-state index contributed by atoms with van der Waals surface area (Å²) in [6.07, 6.45) is 12.6. The highest BCUT2D eigenvalue weighted by Gasteiger charge is 2.19. The minimum Gasteiger partial charge on any atom is -0.465 e. The number of hydrogen-bond acceptors (Lipinski definition) is 7. The van der Waals surface area contributed by atoms with Crippen molar-refractivity contribution in [2.24, 2.45) is 0 Å². The second kappa shape index (κ2) is 6.66. The van der Waals surface area contributed by atoms with Crippen molar-refractivity contribution < 1.29 is 18.3 Å². The standard InChI is InChI=1S/C20H15N3O5/c24-20-23-14-7-6-13(8-15(14)28-20)22-19-21-9-16(27-19)18-11-25-10-17(26-18)12-4-2-1-3-5-12/h1-2,4,6-11H,3,5H2,(H,21,22)(H,23,24). The van der Waals surface area contributed by atoms with E-state index in [1.165, 1.54) is 6.26 Å². The van der Waals surface area contributed by atoms with Gasteiger partial charge in [-0.25, -0.2) is 9.78 Å². The number of nitrogens with one attached hydrogen (secondary N) is 2. The second-order valence-corrected chi connectivity index (χ2v) is 6.24. The van der Waals surface area contributed by atoms with Gasteiger partial charge in [0, 0.05) is 11.8 Å². The van der Waals surface area contributed by atoms with E-state index >= 15 is 0 Å². The largest absolute Gasteiger partial charge is 0.465 e. The van der Waals surface area contributed by atoms with Gasteiger partial charge in [0.1, 0.15) is 12.5 Å². The average molecular weight is 377 g/mol. The first-order valence-electron chi connectivity index (χ1n) is 8.70. The zero-order valence-corrected chi connectivity index (χ0v) is 14.6. The van der Waals surface area contributed by atoms with Gasteiger partial charge in [-0.15, -0.1) is 0 Å². The summed E-state index contributed by atoms with van der Waals surface area (Å²) in [5.74, 6) is 1.01. The lowest BCUT2D eigenvalue weighted by molar-refractivity contribution is 0.277. The maximum Gasteiger partial charge on any atom is 0.417 e. The number of allylic oxidation sites excluding steroid dienone is 4. The highest BCUT2D eigenvalue weighted by molar-refractivity contribution is 5.77. The molecule has 2 aliphatic rings. The fourth-order valence-corrected chi connectivity index (χ4v) is 2.97. The predicted molar refractivity (Wildman–Crippen MR) is 101 cm³/mol. The van der Waals surface area contributed by atoms with Crippen LogP contribution in [0, 0.1) is 0 Å². The summed E-state index contributed by atoms with van der Waals surface area (Å²) < 4.78 is 22.1. The van der Waals surface area contributed by atoms with Crippen LogP contribution in [0.3, 0.4) is 0 Å². The van der Waals surface area contributed by atoms with Crippen molar-refractivity contribution in [3.63, 3.8) is 0 Å². The number of fused-ring (bicyclic) bond motifs is 1. The third-order valence-corrected chi connectivity index (χ3v) is 4.32. The number of hydrogen-bond donors (Lipinski definition) is 2. The topological polar surface area (TPSA) is 103 Å². The zero-order chi connectivity index (χ0) is 18.9. The maximum absolute atomic E-state index is 11.3. The van der Waals surface area contributed by atoms with E-state index < -0.39 is 5.76 Å². The molecule has 2 aromatic heterocycles. The van der Waals surface area contributed by atoms with Crippen molar-refractivity contribution in [3.8, 4) is 0 Å². The van der Waals surface area contributed by atoms with E-state index in [1.807, 2.05) is 12.2 Å². The monoisotopic (exact) mass is 377 g/mol. The Balaban J connectivity index is 1.32. The van der Waals surface area contributed by atoms with Crippen LogP contribution in [-0.2, 0) is 9.47 Å². The molecule has 1 aromatic carbocycles. The maximum atomic E-state index is 11.3. The lowest BCUT2D eigenvalue weighted by Gasteiger charge is -2.18. The molecule has 8 nitrogen and oxygen atoms in total. The van der Waals surface area contributed by atoms with Crippen LogP contribution in [0.5, 0.6) is 0 Å². The normalized spacial score (nSPS) is 16.1. The van der Waals surface area contributed by atoms with Gasteiger partial charge in [-0.05, 0) is 30.5 Å². The Hall–Kier alpha value is -3.94. The van der Waals surface area contributed by atoms with Crippen molar-refractivity contribution in [2.45, 2.75) is 12.8 Å². The number of anilines is 2. The molecule has 0 saturated carbocycles. The summed E-state index contributed by atoms with van der Waals surface area (Å²) in [6.45, 7) is 0. The van der Waals surface area contributed by atoms with Crippen LogP contribution < -0.4 is 11.1 Å². The van der Waals surface area contributed by atoms with Crippen LogP contribution in [-0.4, -0.2) is 9.97 Å². The molecule has 0 amide bonds. The number of benzene rings is 1. The van der Waals surface area contributed by atoms with Crippen LogP contribution in [0.25, 0.3) is 16.9 Å². The summed E-state index contributed by atoms with van der Waals surface area (Å²) in [6, 6.07) is 5.46. The van der Waals surface area contributed by atoms with Crippen LogP contribution in [0.4, 0.5) is 11.7 Å². The SMILES string of the molecule is O=c1[nH]c2ccc(Nc3ncc(C4=COC=C(C5=CC=CCC5)O4)o3)cc2o1. The predicted octanol–water partition coefficient (Wildman–Crippen LogP) is 4.32. The molecular weight excluding hydrogens is 362 g/mol. The van der Waals surface area contributed by atoms with Gasteiger partial charge in [-0.2, -0.15) is 0 Å². The van der Waals surface area contributed by atoms with Crippen molar-refractivity contribution in [2.75, 3.05) is 5.32 Å². The quantitative estimate of drug-likeness (QED) is 0.698. The van der Waals surface area contributed by atoms with E-state index in [2.05, 4.69) is 21.4 Å². The lowest BCUT2D eigenvalue weighted by atomic mass is 10.0. The van der Waals surface area contributed by atoms with Crippen molar-refractivity contribution >= 4 is 28.6 Å². The Morgan fingerprint density at radius 3 is 2.96 bits per heavy atom. The molecule has 0 unspecified atom stereocenters. The second-order valence-electron chi connectivity index (χ2n) is 6.24. The van der Waals surface area contributed by atoms with Gasteiger partial charge < -0.3 is 23.6 Å². The van der Waals surface area contributed by atoms with Gasteiger partial charge in [-0.1, -0.05) is 18.2 Å². The van der Waals surface area contributed by atoms with Crippen LogP contribution in [0.1, 0.15) is 18.6 Å². The van der Waals surface area contributed by atoms with Crippen molar-refractivity contribution in [1.82, 2.24) is 9.97 Å². The highest BCUT2D eigenvalue weighted by Crippen LogP contribution is 2.31. The summed E-state index contributed by atoms with van der Waals surface area (Å²) >= 11 is 0. The average Bonchev–Trinajstić information content (AvgIpc) is 3.34. The summed E-state index contributed by atoms with van der Waals surface area (Å²) in [7, 11) is 0. The van der Waals surface area contributed by atoms with Gasteiger partial charge in [0.15, 0.2) is 17.1 Å². The number of oxazole rings is 2. The number of H-pyrrole nitrogens is 1.